The molecule has 0 bridgehead atoms. The maximum atomic E-state index is 12.4. The van der Waals surface area contributed by atoms with E-state index in [-0.39, 0.29) is 11.3 Å². The first-order valence-electron chi connectivity index (χ1n) is 9.59. The van der Waals surface area contributed by atoms with Gasteiger partial charge in [-0.2, -0.15) is 5.10 Å². The van der Waals surface area contributed by atoms with Gasteiger partial charge < -0.3 is 15.5 Å². The molecule has 30 heavy (non-hydrogen) atoms. The minimum atomic E-state index is -0.529. The van der Waals surface area contributed by atoms with Crippen LogP contribution in [0, 0.1) is 10.1 Å². The van der Waals surface area contributed by atoms with Crippen LogP contribution in [-0.4, -0.2) is 34.1 Å². The third-order valence-corrected chi connectivity index (χ3v) is 4.85. The number of anilines is 4. The molecule has 1 aliphatic heterocycles. The lowest BCUT2D eigenvalue weighted by Crippen LogP contribution is -2.18. The third kappa shape index (κ3) is 4.52. The molecule has 1 amide bonds. The average Bonchev–Trinajstić information content (AvgIpc) is 3.30. The summed E-state index contributed by atoms with van der Waals surface area (Å²) >= 11 is 0. The van der Waals surface area contributed by atoms with Crippen molar-refractivity contribution in [2.45, 2.75) is 12.8 Å². The predicted molar refractivity (Wildman–Crippen MR) is 114 cm³/mol. The molecule has 0 saturated carbocycles. The highest BCUT2D eigenvalue weighted by atomic mass is 16.6. The molecule has 4 rings (SSSR count). The van der Waals surface area contributed by atoms with Crippen LogP contribution < -0.4 is 15.5 Å². The molecule has 0 aliphatic carbocycles. The Morgan fingerprint density at radius 1 is 1.03 bits per heavy atom. The van der Waals surface area contributed by atoms with Crippen LogP contribution in [0.4, 0.5) is 28.6 Å². The zero-order valence-electron chi connectivity index (χ0n) is 16.1. The molecule has 1 fully saturated rings. The van der Waals surface area contributed by atoms with Crippen molar-refractivity contribution in [3.05, 3.63) is 76.5 Å². The molecule has 9 nitrogen and oxygen atoms in total. The Kier molecular flexibility index (Phi) is 5.51. The largest absolute Gasteiger partial charge is 0.370 e. The molecule has 0 spiro atoms. The molecule has 2 N–H and O–H groups in total. The summed E-state index contributed by atoms with van der Waals surface area (Å²) < 4.78 is 0. The summed E-state index contributed by atoms with van der Waals surface area (Å²) in [6.07, 6.45) is 4.15. The van der Waals surface area contributed by atoms with Gasteiger partial charge in [-0.25, -0.2) is 0 Å². The van der Waals surface area contributed by atoms with Crippen molar-refractivity contribution in [3.63, 3.8) is 0 Å². The molecular formula is C21H20N6O3. The SMILES string of the molecule is O=C(Nc1ccc(Nc2cc(N3CCCC3)cnn2)cc1)c1cccc([N+](=O)[O-])c1. The number of aromatic nitrogens is 2. The number of amides is 1. The van der Waals surface area contributed by atoms with Gasteiger partial charge >= 0.3 is 0 Å². The highest BCUT2D eigenvalue weighted by Gasteiger charge is 2.14. The number of nitro groups is 1. The van der Waals surface area contributed by atoms with Gasteiger partial charge in [0.15, 0.2) is 5.82 Å². The van der Waals surface area contributed by atoms with Crippen LogP contribution in [0.15, 0.2) is 60.8 Å². The minimum Gasteiger partial charge on any atom is -0.370 e. The standard InChI is InChI=1S/C21H20N6O3/c28-21(15-4-3-5-18(12-15)27(29)30)24-17-8-6-16(7-9-17)23-20-13-19(14-22-25-20)26-10-1-2-11-26/h3-9,12-14H,1-2,10-11H2,(H,23,25)(H,24,28). The Bertz CT molecular complexity index is 1060. The van der Waals surface area contributed by atoms with Gasteiger partial charge in [0.2, 0.25) is 0 Å². The minimum absolute atomic E-state index is 0.125. The van der Waals surface area contributed by atoms with Crippen LogP contribution in [-0.2, 0) is 0 Å². The van der Waals surface area contributed by atoms with E-state index in [2.05, 4.69) is 25.7 Å². The highest BCUT2D eigenvalue weighted by molar-refractivity contribution is 6.04. The number of benzene rings is 2. The van der Waals surface area contributed by atoms with E-state index in [9.17, 15) is 14.9 Å². The molecule has 0 radical (unpaired) electrons. The van der Waals surface area contributed by atoms with Gasteiger partial charge in [-0.3, -0.25) is 14.9 Å². The Morgan fingerprint density at radius 3 is 2.50 bits per heavy atom. The number of hydrogen-bond donors (Lipinski definition) is 2. The quantitative estimate of drug-likeness (QED) is 0.472. The summed E-state index contributed by atoms with van der Waals surface area (Å²) in [4.78, 5) is 25.0. The Labute approximate surface area is 172 Å². The molecule has 1 aromatic heterocycles. The van der Waals surface area contributed by atoms with Crippen LogP contribution in [0.25, 0.3) is 0 Å². The number of carbonyl (C=O) groups is 1. The number of nitro benzene ring substituents is 1. The summed E-state index contributed by atoms with van der Waals surface area (Å²) in [6.45, 7) is 2.06. The van der Waals surface area contributed by atoms with E-state index >= 15 is 0 Å². The van der Waals surface area contributed by atoms with Gasteiger partial charge in [0.1, 0.15) is 0 Å². The number of non-ortho nitro benzene ring substituents is 1. The second-order valence-electron chi connectivity index (χ2n) is 6.96. The number of hydrogen-bond acceptors (Lipinski definition) is 7. The molecule has 1 saturated heterocycles. The van der Waals surface area contributed by atoms with Gasteiger partial charge in [0, 0.05) is 48.2 Å². The van der Waals surface area contributed by atoms with Crippen molar-refractivity contribution in [2.75, 3.05) is 28.6 Å². The van der Waals surface area contributed by atoms with E-state index in [1.807, 2.05) is 18.2 Å². The summed E-state index contributed by atoms with van der Waals surface area (Å²) in [5, 5.41) is 25.0. The van der Waals surface area contributed by atoms with E-state index in [1.165, 1.54) is 37.1 Å². The molecule has 3 aromatic rings. The van der Waals surface area contributed by atoms with Gasteiger partial charge in [0.25, 0.3) is 11.6 Å². The van der Waals surface area contributed by atoms with Crippen molar-refractivity contribution in [2.24, 2.45) is 0 Å². The Balaban J connectivity index is 1.41. The summed E-state index contributed by atoms with van der Waals surface area (Å²) in [5.41, 5.74) is 2.52. The smallest absolute Gasteiger partial charge is 0.270 e. The summed E-state index contributed by atoms with van der Waals surface area (Å²) in [7, 11) is 0. The lowest BCUT2D eigenvalue weighted by Gasteiger charge is -2.17. The van der Waals surface area contributed by atoms with Crippen LogP contribution in [0.1, 0.15) is 23.2 Å². The molecule has 1 aliphatic rings. The molecule has 9 heteroatoms. The van der Waals surface area contributed by atoms with E-state index in [0.717, 1.165) is 24.5 Å². The fourth-order valence-corrected chi connectivity index (χ4v) is 3.31. The predicted octanol–water partition coefficient (Wildman–Crippen LogP) is 3.98. The topological polar surface area (TPSA) is 113 Å². The first kappa shape index (κ1) is 19.3. The van der Waals surface area contributed by atoms with E-state index in [1.54, 1.807) is 18.3 Å². The van der Waals surface area contributed by atoms with Crippen molar-refractivity contribution in [1.82, 2.24) is 10.2 Å². The Hall–Kier alpha value is -4.01. The monoisotopic (exact) mass is 404 g/mol. The fourth-order valence-electron chi connectivity index (χ4n) is 3.31. The van der Waals surface area contributed by atoms with Gasteiger partial charge in [0.05, 0.1) is 16.8 Å². The van der Waals surface area contributed by atoms with Gasteiger partial charge in [-0.05, 0) is 43.2 Å². The van der Waals surface area contributed by atoms with Crippen molar-refractivity contribution < 1.29 is 9.72 Å². The summed E-state index contributed by atoms with van der Waals surface area (Å²) in [5.74, 6) is 0.233. The van der Waals surface area contributed by atoms with Crippen LogP contribution in [0.3, 0.4) is 0 Å². The Morgan fingerprint density at radius 2 is 1.77 bits per heavy atom. The first-order valence-corrected chi connectivity index (χ1v) is 9.59. The van der Waals surface area contributed by atoms with E-state index in [0.29, 0.717) is 11.5 Å². The lowest BCUT2D eigenvalue weighted by atomic mass is 10.2. The molecule has 0 atom stereocenters. The van der Waals surface area contributed by atoms with Crippen LogP contribution >= 0.6 is 0 Å². The van der Waals surface area contributed by atoms with Crippen LogP contribution in [0.5, 0.6) is 0 Å². The maximum Gasteiger partial charge on any atom is 0.270 e. The second kappa shape index (κ2) is 8.56. The normalized spacial score (nSPS) is 13.1. The highest BCUT2D eigenvalue weighted by Crippen LogP contribution is 2.24. The number of nitrogens with one attached hydrogen (secondary N) is 2. The maximum absolute atomic E-state index is 12.4. The number of nitrogens with zero attached hydrogens (tertiary/aromatic N) is 4. The first-order chi connectivity index (χ1) is 14.6. The molecule has 0 unspecified atom stereocenters. The second-order valence-corrected chi connectivity index (χ2v) is 6.96. The van der Waals surface area contributed by atoms with Gasteiger partial charge in [-0.1, -0.05) is 6.07 Å². The molecule has 152 valence electrons. The van der Waals surface area contributed by atoms with E-state index in [4.69, 9.17) is 0 Å². The average molecular weight is 404 g/mol. The fraction of sp³-hybridized carbons (Fsp3) is 0.190. The molecule has 2 heterocycles. The van der Waals surface area contributed by atoms with Crippen molar-refractivity contribution >= 4 is 34.5 Å². The van der Waals surface area contributed by atoms with Crippen LogP contribution in [0.2, 0.25) is 0 Å². The number of rotatable bonds is 6. The van der Waals surface area contributed by atoms with Crippen molar-refractivity contribution in [3.8, 4) is 0 Å². The third-order valence-electron chi connectivity index (χ3n) is 4.85. The molecular weight excluding hydrogens is 384 g/mol. The zero-order chi connectivity index (χ0) is 20.9. The van der Waals surface area contributed by atoms with Crippen molar-refractivity contribution in [1.29, 1.82) is 0 Å². The number of carbonyl (C=O) groups excluding carboxylic acids is 1. The lowest BCUT2D eigenvalue weighted by molar-refractivity contribution is -0.384. The van der Waals surface area contributed by atoms with E-state index < -0.39 is 10.8 Å². The molecule has 2 aromatic carbocycles. The van der Waals surface area contributed by atoms with Gasteiger partial charge in [-0.15, -0.1) is 5.10 Å². The summed E-state index contributed by atoms with van der Waals surface area (Å²) in [6, 6.07) is 14.7. The zero-order valence-corrected chi connectivity index (χ0v) is 16.1.